The number of hydrogen-bond donors (Lipinski definition) is 1. The van der Waals surface area contributed by atoms with Crippen molar-refractivity contribution in [1.82, 2.24) is 10.2 Å². The molecule has 1 N–H and O–H groups in total. The van der Waals surface area contributed by atoms with E-state index in [0.29, 0.717) is 23.1 Å². The second-order valence-electron chi connectivity index (χ2n) is 6.85. The molecule has 0 saturated carbocycles. The van der Waals surface area contributed by atoms with Gasteiger partial charge in [-0.25, -0.2) is 0 Å². The van der Waals surface area contributed by atoms with Crippen molar-refractivity contribution in [2.75, 3.05) is 13.1 Å². The molecule has 5 rings (SSSR count). The van der Waals surface area contributed by atoms with Gasteiger partial charge >= 0.3 is 0 Å². The Morgan fingerprint density at radius 3 is 2.83 bits per heavy atom. The van der Waals surface area contributed by atoms with E-state index >= 15 is 0 Å². The third-order valence-electron chi connectivity index (χ3n) is 5.57. The lowest BCUT2D eigenvalue weighted by Gasteiger charge is -2.49. The van der Waals surface area contributed by atoms with Gasteiger partial charge in [0.2, 0.25) is 0 Å². The van der Waals surface area contributed by atoms with Crippen molar-refractivity contribution < 1.29 is 9.21 Å². The second kappa shape index (κ2) is 5.99. The average Bonchev–Trinajstić information content (AvgIpc) is 3.01. The predicted molar refractivity (Wildman–Crippen MR) is 93.8 cm³/mol. The molecule has 0 aliphatic carbocycles. The molecule has 2 bridgehead atoms. The van der Waals surface area contributed by atoms with Gasteiger partial charge in [0.15, 0.2) is 0 Å². The molecule has 3 aliphatic rings. The highest BCUT2D eigenvalue weighted by Gasteiger charge is 2.40. The summed E-state index contributed by atoms with van der Waals surface area (Å²) in [4.78, 5) is 15.2. The molecule has 2 unspecified atom stereocenters. The molecule has 4 nitrogen and oxygen atoms in total. The van der Waals surface area contributed by atoms with Crippen LogP contribution in [0.15, 0.2) is 28.9 Å². The number of piperidine rings is 3. The van der Waals surface area contributed by atoms with E-state index in [1.807, 2.05) is 18.2 Å². The number of nitrogens with zero attached hydrogens (tertiary/aromatic N) is 1. The Morgan fingerprint density at radius 1 is 1.33 bits per heavy atom. The first-order valence-electron chi connectivity index (χ1n) is 8.66. The summed E-state index contributed by atoms with van der Waals surface area (Å²) < 4.78 is 5.56. The van der Waals surface area contributed by atoms with Gasteiger partial charge in [0.05, 0.1) is 5.56 Å². The van der Waals surface area contributed by atoms with Crippen molar-refractivity contribution in [1.29, 1.82) is 0 Å². The molecule has 2 aromatic rings. The summed E-state index contributed by atoms with van der Waals surface area (Å²) in [6.45, 7) is 6.35. The first kappa shape index (κ1) is 15.3. The van der Waals surface area contributed by atoms with E-state index in [2.05, 4.69) is 29.0 Å². The van der Waals surface area contributed by atoms with Crippen molar-refractivity contribution >= 4 is 16.9 Å². The topological polar surface area (TPSA) is 45.5 Å². The van der Waals surface area contributed by atoms with Crippen LogP contribution in [-0.4, -0.2) is 36.0 Å². The van der Waals surface area contributed by atoms with Crippen LogP contribution < -0.4 is 5.32 Å². The Balaban J connectivity index is 1.56. The van der Waals surface area contributed by atoms with Gasteiger partial charge in [0.1, 0.15) is 11.8 Å². The van der Waals surface area contributed by atoms with Crippen LogP contribution >= 0.6 is 0 Å². The van der Waals surface area contributed by atoms with Crippen molar-refractivity contribution in [2.24, 2.45) is 5.92 Å². The summed E-state index contributed by atoms with van der Waals surface area (Å²) in [6, 6.07) is 6.26. The smallest absolute Gasteiger partial charge is 0.251 e. The number of fused-ring (bicyclic) bond motifs is 4. The summed E-state index contributed by atoms with van der Waals surface area (Å²) >= 11 is 0. The van der Waals surface area contributed by atoms with E-state index < -0.39 is 0 Å². The normalized spacial score (nSPS) is 28.4. The number of nitrogens with one attached hydrogen (secondary N) is 1. The Kier molecular flexibility index (Phi) is 3.82. The highest BCUT2D eigenvalue weighted by molar-refractivity contribution is 5.98. The third kappa shape index (κ3) is 2.50. The molecule has 3 aliphatic heterocycles. The maximum Gasteiger partial charge on any atom is 0.251 e. The molecule has 1 aromatic heterocycles. The molecule has 4 heterocycles. The molecule has 124 valence electrons. The predicted octanol–water partition coefficient (Wildman–Crippen LogP) is 3.02. The lowest BCUT2D eigenvalue weighted by molar-refractivity contribution is 0.0217. The standard InChI is InChI=1S/C20H22N2O2/c1-3-4-16-12-24-18-11-15(5-6-17(16)18)20(23)21-19-13(2)22-9-7-14(19)8-10-22/h5-6,11-14,19H,7-10H2,1-2H3,(H,21,23). The van der Waals surface area contributed by atoms with Gasteiger partial charge in [-0.05, 0) is 63.9 Å². The van der Waals surface area contributed by atoms with Crippen molar-refractivity contribution in [3.63, 3.8) is 0 Å². The van der Waals surface area contributed by atoms with Crippen molar-refractivity contribution in [2.45, 2.75) is 38.8 Å². The molecule has 4 heteroatoms. The van der Waals surface area contributed by atoms with Gasteiger partial charge in [0, 0.05) is 23.0 Å². The zero-order chi connectivity index (χ0) is 16.7. The van der Waals surface area contributed by atoms with Crippen LogP contribution in [0.1, 0.15) is 42.6 Å². The molecular formula is C20H22N2O2. The van der Waals surface area contributed by atoms with Gasteiger partial charge in [0.25, 0.3) is 5.91 Å². The fourth-order valence-electron chi connectivity index (χ4n) is 4.18. The van der Waals surface area contributed by atoms with Crippen LogP contribution in [0.4, 0.5) is 0 Å². The van der Waals surface area contributed by atoms with Crippen molar-refractivity contribution in [3.8, 4) is 11.8 Å². The molecule has 2 atom stereocenters. The Hall–Kier alpha value is -2.25. The number of furan rings is 1. The van der Waals surface area contributed by atoms with Crippen LogP contribution in [0.2, 0.25) is 0 Å². The lowest BCUT2D eigenvalue weighted by atomic mass is 9.79. The molecule has 1 amide bonds. The highest BCUT2D eigenvalue weighted by atomic mass is 16.3. The average molecular weight is 322 g/mol. The fourth-order valence-corrected chi connectivity index (χ4v) is 4.18. The number of carbonyl (C=O) groups excluding carboxylic acids is 1. The van der Waals surface area contributed by atoms with Crippen LogP contribution in [0, 0.1) is 17.8 Å². The van der Waals surface area contributed by atoms with Crippen LogP contribution in [-0.2, 0) is 0 Å². The maximum atomic E-state index is 12.7. The number of carbonyl (C=O) groups is 1. The van der Waals surface area contributed by atoms with Crippen LogP contribution in [0.5, 0.6) is 0 Å². The zero-order valence-electron chi connectivity index (χ0n) is 14.1. The first-order chi connectivity index (χ1) is 11.7. The quantitative estimate of drug-likeness (QED) is 0.865. The maximum absolute atomic E-state index is 12.7. The minimum atomic E-state index is -0.0120. The minimum absolute atomic E-state index is 0.0120. The van der Waals surface area contributed by atoms with E-state index in [0.717, 1.165) is 24.0 Å². The fraction of sp³-hybridized carbons (Fsp3) is 0.450. The Bertz CT molecular complexity index is 832. The van der Waals surface area contributed by atoms with Crippen molar-refractivity contribution in [3.05, 3.63) is 35.6 Å². The second-order valence-corrected chi connectivity index (χ2v) is 6.85. The van der Waals surface area contributed by atoms with Crippen LogP contribution in [0.3, 0.4) is 0 Å². The van der Waals surface area contributed by atoms with Gasteiger partial charge in [-0.3, -0.25) is 9.69 Å². The number of amides is 1. The minimum Gasteiger partial charge on any atom is -0.463 e. The highest BCUT2D eigenvalue weighted by Crippen LogP contribution is 2.32. The Labute approximate surface area is 142 Å². The molecule has 0 radical (unpaired) electrons. The van der Waals surface area contributed by atoms with E-state index in [9.17, 15) is 4.79 Å². The largest absolute Gasteiger partial charge is 0.463 e. The lowest BCUT2D eigenvalue weighted by Crippen LogP contribution is -2.62. The third-order valence-corrected chi connectivity index (χ3v) is 5.57. The first-order valence-corrected chi connectivity index (χ1v) is 8.66. The summed E-state index contributed by atoms with van der Waals surface area (Å²) in [7, 11) is 0. The van der Waals surface area contributed by atoms with E-state index in [-0.39, 0.29) is 11.9 Å². The van der Waals surface area contributed by atoms with E-state index in [1.54, 1.807) is 13.2 Å². The number of rotatable bonds is 2. The summed E-state index contributed by atoms with van der Waals surface area (Å²) in [6.07, 6.45) is 4.02. The monoisotopic (exact) mass is 322 g/mol. The van der Waals surface area contributed by atoms with Gasteiger partial charge in [-0.1, -0.05) is 5.92 Å². The summed E-state index contributed by atoms with van der Waals surface area (Å²) in [5.41, 5.74) is 2.23. The number of hydrogen-bond acceptors (Lipinski definition) is 3. The van der Waals surface area contributed by atoms with E-state index in [4.69, 9.17) is 4.42 Å². The SMILES string of the molecule is CC#Cc1coc2cc(C(=O)NC3C4CCN(CC4)C3C)ccc12. The molecule has 3 saturated heterocycles. The van der Waals surface area contributed by atoms with E-state index in [1.165, 1.54) is 12.8 Å². The van der Waals surface area contributed by atoms with Gasteiger partial charge in [-0.2, -0.15) is 0 Å². The van der Waals surface area contributed by atoms with Gasteiger partial charge in [-0.15, -0.1) is 5.92 Å². The molecular weight excluding hydrogens is 300 g/mol. The van der Waals surface area contributed by atoms with Gasteiger partial charge < -0.3 is 9.73 Å². The molecule has 24 heavy (non-hydrogen) atoms. The molecule has 1 aromatic carbocycles. The zero-order valence-corrected chi connectivity index (χ0v) is 14.1. The summed E-state index contributed by atoms with van der Waals surface area (Å²) in [5, 5.41) is 4.22. The molecule has 3 fully saturated rings. The summed E-state index contributed by atoms with van der Waals surface area (Å²) in [5.74, 6) is 6.49. The Morgan fingerprint density at radius 2 is 2.12 bits per heavy atom. The molecule has 0 spiro atoms. The number of benzene rings is 1. The van der Waals surface area contributed by atoms with Crippen LogP contribution in [0.25, 0.3) is 11.0 Å².